The lowest BCUT2D eigenvalue weighted by molar-refractivity contribution is 0.580. The van der Waals surface area contributed by atoms with Gasteiger partial charge in [-0.1, -0.05) is 0 Å². The van der Waals surface area contributed by atoms with Crippen molar-refractivity contribution in [3.05, 3.63) is 0 Å². The SMILES string of the molecule is C[C@@H](N)C[C@@H](C)N. The fourth-order valence-corrected chi connectivity index (χ4v) is 0.586. The lowest BCUT2D eigenvalue weighted by Gasteiger charge is -2.06. The van der Waals surface area contributed by atoms with Crippen molar-refractivity contribution in [1.82, 2.24) is 0 Å². The van der Waals surface area contributed by atoms with Gasteiger partial charge in [0.15, 0.2) is 0 Å². The van der Waals surface area contributed by atoms with E-state index in [1.165, 1.54) is 0 Å². The highest BCUT2D eigenvalue weighted by Crippen LogP contribution is 1.88. The first-order chi connectivity index (χ1) is 3.13. The van der Waals surface area contributed by atoms with E-state index in [4.69, 9.17) is 11.5 Å². The van der Waals surface area contributed by atoms with Crippen molar-refractivity contribution < 1.29 is 0 Å². The van der Waals surface area contributed by atoms with Gasteiger partial charge in [0.25, 0.3) is 0 Å². The summed E-state index contributed by atoms with van der Waals surface area (Å²) < 4.78 is 0. The highest BCUT2D eigenvalue weighted by Gasteiger charge is 1.96. The summed E-state index contributed by atoms with van der Waals surface area (Å²) in [5.74, 6) is 0. The third-order valence-electron chi connectivity index (χ3n) is 0.744. The van der Waals surface area contributed by atoms with E-state index in [-0.39, 0.29) is 12.1 Å². The molecule has 0 amide bonds. The molecular formula is C5H14N2. The Morgan fingerprint density at radius 1 is 1.14 bits per heavy atom. The molecule has 0 aromatic rings. The highest BCUT2D eigenvalue weighted by atomic mass is 14.7. The fourth-order valence-electron chi connectivity index (χ4n) is 0.586. The Morgan fingerprint density at radius 3 is 1.43 bits per heavy atom. The molecule has 2 atom stereocenters. The Kier molecular flexibility index (Phi) is 2.96. The molecule has 0 aliphatic rings. The van der Waals surface area contributed by atoms with E-state index in [0.29, 0.717) is 0 Å². The van der Waals surface area contributed by atoms with Crippen LogP contribution in [-0.2, 0) is 0 Å². The Bertz CT molecular complexity index is 35.3. The van der Waals surface area contributed by atoms with E-state index in [9.17, 15) is 0 Å². The van der Waals surface area contributed by atoms with Crippen LogP contribution < -0.4 is 11.5 Å². The number of nitrogens with two attached hydrogens (primary N) is 2. The zero-order chi connectivity index (χ0) is 5.86. The molecule has 4 N–H and O–H groups in total. The summed E-state index contributed by atoms with van der Waals surface area (Å²) in [6, 6.07) is 0.500. The zero-order valence-electron chi connectivity index (χ0n) is 5.02. The maximum absolute atomic E-state index is 5.41. The van der Waals surface area contributed by atoms with Crippen LogP contribution in [-0.4, -0.2) is 12.1 Å². The molecule has 0 heterocycles. The van der Waals surface area contributed by atoms with Crippen LogP contribution in [0.4, 0.5) is 0 Å². The van der Waals surface area contributed by atoms with Crippen LogP contribution in [0.25, 0.3) is 0 Å². The molecule has 0 saturated carbocycles. The summed E-state index contributed by atoms with van der Waals surface area (Å²) in [7, 11) is 0. The summed E-state index contributed by atoms with van der Waals surface area (Å²) >= 11 is 0. The van der Waals surface area contributed by atoms with E-state index in [0.717, 1.165) is 6.42 Å². The highest BCUT2D eigenvalue weighted by molar-refractivity contribution is 4.60. The molecular weight excluding hydrogens is 88.1 g/mol. The monoisotopic (exact) mass is 102 g/mol. The van der Waals surface area contributed by atoms with Gasteiger partial charge in [0.05, 0.1) is 0 Å². The molecule has 7 heavy (non-hydrogen) atoms. The summed E-state index contributed by atoms with van der Waals surface area (Å²) in [6.07, 6.45) is 0.917. The van der Waals surface area contributed by atoms with Gasteiger partial charge in [-0.15, -0.1) is 0 Å². The molecule has 2 nitrogen and oxygen atoms in total. The van der Waals surface area contributed by atoms with E-state index >= 15 is 0 Å². The van der Waals surface area contributed by atoms with Crippen LogP contribution >= 0.6 is 0 Å². The maximum Gasteiger partial charge on any atom is 0.00251 e. The predicted molar refractivity (Wildman–Crippen MR) is 31.9 cm³/mol. The molecule has 0 aliphatic heterocycles. The molecule has 0 saturated heterocycles. The first-order valence-electron chi connectivity index (χ1n) is 2.64. The standard InChI is InChI=1S/C5H14N2/c1-4(6)3-5(2)7/h4-5H,3,6-7H2,1-2H3/t4-,5-/m1/s1. The Morgan fingerprint density at radius 2 is 1.43 bits per heavy atom. The fraction of sp³-hybridized carbons (Fsp3) is 1.00. The first-order valence-corrected chi connectivity index (χ1v) is 2.64. The van der Waals surface area contributed by atoms with E-state index < -0.39 is 0 Å². The number of hydrogen-bond donors (Lipinski definition) is 2. The zero-order valence-corrected chi connectivity index (χ0v) is 5.02. The van der Waals surface area contributed by atoms with Crippen LogP contribution in [0.5, 0.6) is 0 Å². The minimum absolute atomic E-state index is 0.250. The molecule has 0 rings (SSSR count). The second-order valence-corrected chi connectivity index (χ2v) is 2.19. The van der Waals surface area contributed by atoms with E-state index in [1.807, 2.05) is 13.8 Å². The van der Waals surface area contributed by atoms with Crippen molar-refractivity contribution in [3.63, 3.8) is 0 Å². The summed E-state index contributed by atoms with van der Waals surface area (Å²) in [5, 5.41) is 0. The van der Waals surface area contributed by atoms with E-state index in [2.05, 4.69) is 0 Å². The molecule has 0 unspecified atom stereocenters. The van der Waals surface area contributed by atoms with Gasteiger partial charge in [-0.3, -0.25) is 0 Å². The van der Waals surface area contributed by atoms with Crippen molar-refractivity contribution in [3.8, 4) is 0 Å². The van der Waals surface area contributed by atoms with Gasteiger partial charge in [0, 0.05) is 12.1 Å². The smallest absolute Gasteiger partial charge is 0.00251 e. The third kappa shape index (κ3) is 5.92. The van der Waals surface area contributed by atoms with Crippen molar-refractivity contribution in [1.29, 1.82) is 0 Å². The molecule has 0 radical (unpaired) electrons. The largest absolute Gasteiger partial charge is 0.328 e. The average molecular weight is 102 g/mol. The molecule has 0 bridgehead atoms. The lowest BCUT2D eigenvalue weighted by Crippen LogP contribution is -2.26. The number of hydrogen-bond acceptors (Lipinski definition) is 2. The summed E-state index contributed by atoms with van der Waals surface area (Å²) in [4.78, 5) is 0. The van der Waals surface area contributed by atoms with Gasteiger partial charge in [-0.05, 0) is 20.3 Å². The average Bonchev–Trinajstić information content (AvgIpc) is 1.27. The summed E-state index contributed by atoms with van der Waals surface area (Å²) in [5.41, 5.74) is 10.8. The predicted octanol–water partition coefficient (Wildman–Crippen LogP) is 0.0709. The van der Waals surface area contributed by atoms with Gasteiger partial charge >= 0.3 is 0 Å². The number of rotatable bonds is 2. The second kappa shape index (κ2) is 2.99. The minimum atomic E-state index is 0.250. The van der Waals surface area contributed by atoms with Gasteiger partial charge in [0.1, 0.15) is 0 Å². The maximum atomic E-state index is 5.41. The van der Waals surface area contributed by atoms with Crippen LogP contribution in [0.2, 0.25) is 0 Å². The molecule has 0 fully saturated rings. The second-order valence-electron chi connectivity index (χ2n) is 2.19. The lowest BCUT2D eigenvalue weighted by atomic mass is 10.1. The van der Waals surface area contributed by atoms with Gasteiger partial charge in [-0.2, -0.15) is 0 Å². The van der Waals surface area contributed by atoms with Crippen molar-refractivity contribution >= 4 is 0 Å². The Labute approximate surface area is 44.9 Å². The molecule has 0 aliphatic carbocycles. The first kappa shape index (κ1) is 6.92. The molecule has 0 spiro atoms. The van der Waals surface area contributed by atoms with E-state index in [1.54, 1.807) is 0 Å². The van der Waals surface area contributed by atoms with Gasteiger partial charge in [0.2, 0.25) is 0 Å². The van der Waals surface area contributed by atoms with Crippen LogP contribution in [0.3, 0.4) is 0 Å². The Balaban J connectivity index is 2.95. The topological polar surface area (TPSA) is 52.0 Å². The van der Waals surface area contributed by atoms with Crippen molar-refractivity contribution in [2.24, 2.45) is 11.5 Å². The van der Waals surface area contributed by atoms with Crippen LogP contribution in [0.15, 0.2) is 0 Å². The molecule has 44 valence electrons. The van der Waals surface area contributed by atoms with Gasteiger partial charge in [-0.25, -0.2) is 0 Å². The molecule has 0 aromatic carbocycles. The van der Waals surface area contributed by atoms with Gasteiger partial charge < -0.3 is 11.5 Å². The molecule has 2 heteroatoms. The quantitative estimate of drug-likeness (QED) is 0.518. The normalized spacial score (nSPS) is 18.9. The van der Waals surface area contributed by atoms with Crippen molar-refractivity contribution in [2.45, 2.75) is 32.4 Å². The van der Waals surface area contributed by atoms with Crippen molar-refractivity contribution in [2.75, 3.05) is 0 Å². The third-order valence-corrected chi connectivity index (χ3v) is 0.744. The minimum Gasteiger partial charge on any atom is -0.328 e. The van der Waals surface area contributed by atoms with Crippen LogP contribution in [0, 0.1) is 0 Å². The van der Waals surface area contributed by atoms with Crippen LogP contribution in [0.1, 0.15) is 20.3 Å². The molecule has 0 aromatic heterocycles. The summed E-state index contributed by atoms with van der Waals surface area (Å²) in [6.45, 7) is 3.92. The Hall–Kier alpha value is -0.0800.